The second kappa shape index (κ2) is 6.19. The molecule has 25 heavy (non-hydrogen) atoms. The van der Waals surface area contributed by atoms with Crippen molar-refractivity contribution in [3.05, 3.63) is 63.1 Å². The number of nitrogens with zero attached hydrogens (tertiary/aromatic N) is 4. The standard InChI is InChI=1S/C15H13ClN4O3S2/c16-11-3-1-4-12(9-11)20-15(21)19-7-6-18(10-13(19)17-20)25(22,23)14-5-2-8-24-14/h1-5,8-9H,6-7,10H2. The van der Waals surface area contributed by atoms with Gasteiger partial charge in [0.25, 0.3) is 0 Å². The summed E-state index contributed by atoms with van der Waals surface area (Å²) in [5, 5.41) is 6.53. The molecule has 7 nitrogen and oxygen atoms in total. The molecule has 0 aliphatic carbocycles. The van der Waals surface area contributed by atoms with Crippen molar-refractivity contribution in [2.45, 2.75) is 17.3 Å². The summed E-state index contributed by atoms with van der Waals surface area (Å²) in [6.07, 6.45) is 0. The largest absolute Gasteiger partial charge is 0.592 e. The number of aromatic nitrogens is 3. The molecule has 130 valence electrons. The molecule has 1 aliphatic rings. The molecule has 0 radical (unpaired) electrons. The molecule has 0 fully saturated rings. The lowest BCUT2D eigenvalue weighted by atomic mass is 10.3. The Hall–Kier alpha value is -1.78. The van der Waals surface area contributed by atoms with Crippen molar-refractivity contribution in [1.82, 2.24) is 18.7 Å². The van der Waals surface area contributed by atoms with E-state index in [2.05, 4.69) is 5.10 Å². The molecule has 0 bridgehead atoms. The van der Waals surface area contributed by atoms with Crippen molar-refractivity contribution in [3.63, 3.8) is 0 Å². The second-order valence-corrected chi connectivity index (χ2v) is 9.06. The molecule has 1 unspecified atom stereocenters. The van der Waals surface area contributed by atoms with Crippen molar-refractivity contribution in [1.29, 1.82) is 0 Å². The van der Waals surface area contributed by atoms with E-state index in [0.717, 1.165) is 0 Å². The lowest BCUT2D eigenvalue weighted by molar-refractivity contribution is 0.301. The highest BCUT2D eigenvalue weighted by Crippen LogP contribution is 2.28. The third-order valence-corrected chi connectivity index (χ3v) is 7.43. The molecule has 0 saturated heterocycles. The highest BCUT2D eigenvalue weighted by molar-refractivity contribution is 7.97. The molecule has 1 atom stereocenters. The molecule has 10 heteroatoms. The SMILES string of the molecule is O=c1n(-c2cccc(Cl)c2)nc2n1CCN([S+](=O)([O-])c1cccs1)C2. The Balaban J connectivity index is 1.70. The maximum Gasteiger partial charge on any atom is 0.350 e. The van der Waals surface area contributed by atoms with Gasteiger partial charge < -0.3 is 4.55 Å². The first kappa shape index (κ1) is 16.7. The molecular formula is C15H13ClN4O3S2. The van der Waals surface area contributed by atoms with Gasteiger partial charge in [0, 0.05) is 17.6 Å². The zero-order chi connectivity index (χ0) is 17.6. The summed E-state index contributed by atoms with van der Waals surface area (Å²) in [7, 11) is -3.57. The van der Waals surface area contributed by atoms with E-state index in [1.54, 1.807) is 41.8 Å². The van der Waals surface area contributed by atoms with Crippen molar-refractivity contribution in [2.75, 3.05) is 6.54 Å². The highest BCUT2D eigenvalue weighted by atomic mass is 35.5. The van der Waals surface area contributed by atoms with Gasteiger partial charge in [0.15, 0.2) is 16.2 Å². The number of rotatable bonds is 3. The van der Waals surface area contributed by atoms with E-state index in [1.165, 1.54) is 24.9 Å². The van der Waals surface area contributed by atoms with Crippen LogP contribution in [-0.4, -0.2) is 29.8 Å². The summed E-state index contributed by atoms with van der Waals surface area (Å²) < 4.78 is 29.7. The van der Waals surface area contributed by atoms with Crippen LogP contribution in [0.25, 0.3) is 5.69 Å². The van der Waals surface area contributed by atoms with E-state index in [1.807, 2.05) is 0 Å². The Kier molecular flexibility index (Phi) is 4.13. The van der Waals surface area contributed by atoms with Crippen LogP contribution in [0.4, 0.5) is 0 Å². The van der Waals surface area contributed by atoms with E-state index in [9.17, 15) is 13.6 Å². The van der Waals surface area contributed by atoms with Crippen LogP contribution in [-0.2, 0) is 27.7 Å². The number of fused-ring (bicyclic) bond motifs is 1. The maximum atomic E-state index is 12.7. The summed E-state index contributed by atoms with van der Waals surface area (Å²) >= 11 is 7.15. The first-order valence-electron chi connectivity index (χ1n) is 7.45. The third-order valence-electron chi connectivity index (χ3n) is 3.97. The normalized spacial score (nSPS) is 17.2. The molecular weight excluding hydrogens is 384 g/mol. The van der Waals surface area contributed by atoms with Crippen LogP contribution in [0, 0.1) is 0 Å². The Bertz CT molecular complexity index is 1030. The van der Waals surface area contributed by atoms with Crippen LogP contribution in [0.5, 0.6) is 0 Å². The Morgan fingerprint density at radius 2 is 2.08 bits per heavy atom. The van der Waals surface area contributed by atoms with Crippen molar-refractivity contribution < 1.29 is 8.76 Å². The van der Waals surface area contributed by atoms with Gasteiger partial charge in [-0.2, -0.15) is 4.68 Å². The molecule has 1 aliphatic heterocycles. The molecule has 0 N–H and O–H groups in total. The van der Waals surface area contributed by atoms with Gasteiger partial charge in [0.2, 0.25) is 4.21 Å². The smallest absolute Gasteiger partial charge is 0.350 e. The maximum absolute atomic E-state index is 12.7. The molecule has 2 aromatic heterocycles. The van der Waals surface area contributed by atoms with Gasteiger partial charge in [-0.25, -0.2) is 4.79 Å². The Morgan fingerprint density at radius 3 is 2.80 bits per heavy atom. The summed E-state index contributed by atoms with van der Waals surface area (Å²) in [4.78, 5) is 12.6. The summed E-state index contributed by atoms with van der Waals surface area (Å²) in [5.74, 6) is 0.413. The summed E-state index contributed by atoms with van der Waals surface area (Å²) in [6.45, 7) is 0.552. The van der Waals surface area contributed by atoms with Crippen LogP contribution < -0.4 is 5.69 Å². The molecule has 4 rings (SSSR count). The number of halogens is 1. The Labute approximate surface area is 153 Å². The predicted molar refractivity (Wildman–Crippen MR) is 94.7 cm³/mol. The molecule has 1 aromatic carbocycles. The number of thiophene rings is 1. The molecule has 0 saturated carbocycles. The van der Waals surface area contributed by atoms with Crippen molar-refractivity contribution >= 4 is 33.3 Å². The topological polar surface area (TPSA) is 83.2 Å². The third kappa shape index (κ3) is 2.87. The average Bonchev–Trinajstić information content (AvgIpc) is 3.23. The molecule has 0 spiro atoms. The van der Waals surface area contributed by atoms with Crippen molar-refractivity contribution in [3.8, 4) is 5.69 Å². The molecule has 0 amide bonds. The lowest BCUT2D eigenvalue weighted by Gasteiger charge is -2.28. The van der Waals surface area contributed by atoms with E-state index >= 15 is 0 Å². The highest BCUT2D eigenvalue weighted by Gasteiger charge is 2.36. The van der Waals surface area contributed by atoms with Crippen LogP contribution in [0.15, 0.2) is 50.8 Å². The average molecular weight is 397 g/mol. The molecule has 3 heterocycles. The van der Waals surface area contributed by atoms with E-state index in [4.69, 9.17) is 11.6 Å². The predicted octanol–water partition coefficient (Wildman–Crippen LogP) is 2.17. The van der Waals surface area contributed by atoms with Gasteiger partial charge in [-0.3, -0.25) is 4.57 Å². The zero-order valence-electron chi connectivity index (χ0n) is 12.9. The van der Waals surface area contributed by atoms with Crippen LogP contribution in [0.3, 0.4) is 0 Å². The Morgan fingerprint density at radius 1 is 1.24 bits per heavy atom. The van der Waals surface area contributed by atoms with Crippen LogP contribution in [0.1, 0.15) is 5.82 Å². The minimum atomic E-state index is -3.57. The van der Waals surface area contributed by atoms with E-state index in [-0.39, 0.29) is 29.5 Å². The van der Waals surface area contributed by atoms with E-state index in [0.29, 0.717) is 16.5 Å². The quantitative estimate of drug-likeness (QED) is 0.635. The van der Waals surface area contributed by atoms with Crippen LogP contribution in [0.2, 0.25) is 5.02 Å². The number of benzene rings is 1. The second-order valence-electron chi connectivity index (χ2n) is 5.51. The van der Waals surface area contributed by atoms with Gasteiger partial charge in [-0.05, 0) is 29.6 Å². The number of hydrogen-bond donors (Lipinski definition) is 0. The summed E-state index contributed by atoms with van der Waals surface area (Å²) in [6, 6.07) is 10.1. The minimum absolute atomic E-state index is 0.0586. The fourth-order valence-electron chi connectivity index (χ4n) is 2.75. The fraction of sp³-hybridized carbons (Fsp3) is 0.200. The number of sulfonamides is 1. The van der Waals surface area contributed by atoms with Gasteiger partial charge in [-0.1, -0.05) is 33.2 Å². The first-order valence-corrected chi connectivity index (χ1v) is 10.1. The van der Waals surface area contributed by atoms with Crippen LogP contribution >= 0.6 is 22.9 Å². The van der Waals surface area contributed by atoms with Gasteiger partial charge in [0.1, 0.15) is 6.54 Å². The fourth-order valence-corrected chi connectivity index (χ4v) is 5.46. The lowest BCUT2D eigenvalue weighted by Crippen LogP contribution is -2.43. The molecule has 3 aromatic rings. The van der Waals surface area contributed by atoms with E-state index < -0.39 is 10.4 Å². The van der Waals surface area contributed by atoms with Gasteiger partial charge in [-0.15, -0.1) is 9.40 Å². The first-order chi connectivity index (χ1) is 12.0. The van der Waals surface area contributed by atoms with Crippen molar-refractivity contribution in [2.24, 2.45) is 0 Å². The van der Waals surface area contributed by atoms with Gasteiger partial charge >= 0.3 is 5.69 Å². The van der Waals surface area contributed by atoms with Gasteiger partial charge in [0.05, 0.1) is 12.2 Å². The monoisotopic (exact) mass is 396 g/mol. The zero-order valence-corrected chi connectivity index (χ0v) is 15.3. The summed E-state index contributed by atoms with van der Waals surface area (Å²) in [5.41, 5.74) is 0.248. The minimum Gasteiger partial charge on any atom is -0.592 e. The number of hydrogen-bond acceptors (Lipinski definition) is 5.